The van der Waals surface area contributed by atoms with Crippen LogP contribution >= 0.6 is 0 Å². The molecular formula is C14H21NO7. The van der Waals surface area contributed by atoms with E-state index in [4.69, 9.17) is 9.47 Å². The van der Waals surface area contributed by atoms with Crippen molar-refractivity contribution in [3.05, 3.63) is 0 Å². The minimum absolute atomic E-state index is 0.220. The van der Waals surface area contributed by atoms with Gasteiger partial charge in [-0.2, -0.15) is 4.90 Å². The van der Waals surface area contributed by atoms with Crippen molar-refractivity contribution in [3.63, 3.8) is 0 Å². The lowest BCUT2D eigenvalue weighted by Gasteiger charge is -2.24. The Morgan fingerprint density at radius 1 is 1.27 bits per heavy atom. The van der Waals surface area contributed by atoms with E-state index >= 15 is 0 Å². The Labute approximate surface area is 128 Å². The molecule has 1 atom stereocenters. The molecule has 0 radical (unpaired) electrons. The summed E-state index contributed by atoms with van der Waals surface area (Å²) in [5.74, 6) is -1.65. The highest BCUT2D eigenvalue weighted by molar-refractivity contribution is 6.05. The second-order valence-electron chi connectivity index (χ2n) is 5.83. The van der Waals surface area contributed by atoms with E-state index in [1.54, 1.807) is 20.8 Å². The largest absolute Gasteiger partial charge is 0.466 e. The maximum Gasteiger partial charge on any atom is 0.427 e. The van der Waals surface area contributed by atoms with Crippen LogP contribution in [0, 0.1) is 0 Å². The number of carbonyl (C=O) groups excluding carboxylic acids is 4. The average Bonchev–Trinajstić information content (AvgIpc) is 2.62. The highest BCUT2D eigenvalue weighted by atomic mass is 16.6. The summed E-state index contributed by atoms with van der Waals surface area (Å²) in [5, 5.41) is 0. The fraction of sp³-hybridized carbons (Fsp3) is 0.714. The summed E-state index contributed by atoms with van der Waals surface area (Å²) >= 11 is 0. The van der Waals surface area contributed by atoms with Crippen LogP contribution in [0.25, 0.3) is 0 Å². The van der Waals surface area contributed by atoms with Gasteiger partial charge in [0.2, 0.25) is 0 Å². The van der Waals surface area contributed by atoms with Gasteiger partial charge in [0.1, 0.15) is 5.60 Å². The fourth-order valence-electron chi connectivity index (χ4n) is 1.67. The van der Waals surface area contributed by atoms with Crippen LogP contribution in [-0.4, -0.2) is 47.3 Å². The van der Waals surface area contributed by atoms with Gasteiger partial charge in [0.05, 0.1) is 13.0 Å². The van der Waals surface area contributed by atoms with Gasteiger partial charge in [-0.3, -0.25) is 4.79 Å². The number of ether oxygens (including phenoxy) is 3. The SMILES string of the molecule is CCCCOC(=O)C[C@H]1C(=O)OC(=O)N1C(=O)OC(C)(C)C. The third kappa shape index (κ3) is 5.01. The Morgan fingerprint density at radius 2 is 1.91 bits per heavy atom. The summed E-state index contributed by atoms with van der Waals surface area (Å²) in [7, 11) is 0. The molecule has 0 bridgehead atoms. The first-order valence-electron chi connectivity index (χ1n) is 7.09. The predicted molar refractivity (Wildman–Crippen MR) is 73.8 cm³/mol. The molecule has 22 heavy (non-hydrogen) atoms. The lowest BCUT2D eigenvalue weighted by atomic mass is 10.2. The van der Waals surface area contributed by atoms with Gasteiger partial charge in [0.25, 0.3) is 0 Å². The molecule has 0 N–H and O–H groups in total. The maximum absolute atomic E-state index is 12.0. The minimum atomic E-state index is -1.35. The molecule has 0 unspecified atom stereocenters. The monoisotopic (exact) mass is 315 g/mol. The van der Waals surface area contributed by atoms with Crippen molar-refractivity contribution in [2.75, 3.05) is 6.61 Å². The van der Waals surface area contributed by atoms with E-state index in [2.05, 4.69) is 4.74 Å². The maximum atomic E-state index is 12.0. The van der Waals surface area contributed by atoms with Crippen molar-refractivity contribution in [1.29, 1.82) is 0 Å². The number of amides is 2. The first-order valence-corrected chi connectivity index (χ1v) is 7.09. The van der Waals surface area contributed by atoms with Gasteiger partial charge in [0, 0.05) is 0 Å². The Hall–Kier alpha value is -2.12. The standard InChI is InChI=1S/C14H21NO7/c1-5-6-7-20-10(16)8-9-11(17)21-12(18)15(9)13(19)22-14(2,3)4/h9H,5-8H2,1-4H3/t9-/m0/s1. The van der Waals surface area contributed by atoms with E-state index in [1.165, 1.54) is 0 Å². The molecule has 0 spiro atoms. The van der Waals surface area contributed by atoms with Crippen LogP contribution in [0.1, 0.15) is 47.0 Å². The highest BCUT2D eigenvalue weighted by Gasteiger charge is 2.48. The second-order valence-corrected chi connectivity index (χ2v) is 5.83. The molecule has 1 aliphatic heterocycles. The van der Waals surface area contributed by atoms with E-state index in [0.717, 1.165) is 6.42 Å². The molecular weight excluding hydrogens is 294 g/mol. The molecule has 0 aromatic rings. The van der Waals surface area contributed by atoms with Crippen LogP contribution < -0.4 is 0 Å². The molecule has 124 valence electrons. The van der Waals surface area contributed by atoms with Gasteiger partial charge in [0.15, 0.2) is 6.04 Å². The van der Waals surface area contributed by atoms with Crippen LogP contribution in [0.3, 0.4) is 0 Å². The normalized spacial score (nSPS) is 18.2. The number of hydrogen-bond donors (Lipinski definition) is 0. The molecule has 0 aliphatic carbocycles. The van der Waals surface area contributed by atoms with Gasteiger partial charge in [-0.25, -0.2) is 14.4 Å². The smallest absolute Gasteiger partial charge is 0.427 e. The third-order valence-corrected chi connectivity index (χ3v) is 2.68. The lowest BCUT2D eigenvalue weighted by Crippen LogP contribution is -2.44. The van der Waals surface area contributed by atoms with Crippen LogP contribution in [0.5, 0.6) is 0 Å². The Balaban J connectivity index is 2.73. The summed E-state index contributed by atoms with van der Waals surface area (Å²) in [6.07, 6.45) is -1.09. The topological polar surface area (TPSA) is 99.2 Å². The zero-order valence-corrected chi connectivity index (χ0v) is 13.2. The van der Waals surface area contributed by atoms with Gasteiger partial charge in [-0.05, 0) is 27.2 Å². The quantitative estimate of drug-likeness (QED) is 0.331. The van der Waals surface area contributed by atoms with Crippen LogP contribution in [-0.2, 0) is 23.8 Å². The number of rotatable bonds is 5. The summed E-state index contributed by atoms with van der Waals surface area (Å²) in [5.41, 5.74) is -0.852. The first kappa shape index (κ1) is 17.9. The average molecular weight is 315 g/mol. The first-order chi connectivity index (χ1) is 10.2. The molecule has 1 fully saturated rings. The lowest BCUT2D eigenvalue weighted by molar-refractivity contribution is -0.148. The predicted octanol–water partition coefficient (Wildman–Crippen LogP) is 2.00. The summed E-state index contributed by atoms with van der Waals surface area (Å²) in [6, 6.07) is -1.35. The Bertz CT molecular complexity index is 466. The molecule has 8 nitrogen and oxygen atoms in total. The fourth-order valence-corrected chi connectivity index (χ4v) is 1.67. The number of imide groups is 1. The zero-order valence-electron chi connectivity index (χ0n) is 13.2. The number of nitrogens with zero attached hydrogens (tertiary/aromatic N) is 1. The van der Waals surface area contributed by atoms with Gasteiger partial charge < -0.3 is 14.2 Å². The van der Waals surface area contributed by atoms with E-state index in [9.17, 15) is 19.2 Å². The van der Waals surface area contributed by atoms with E-state index in [1.807, 2.05) is 6.92 Å². The number of unbranched alkanes of at least 4 members (excludes halogenated alkanes) is 1. The van der Waals surface area contributed by atoms with Crippen molar-refractivity contribution in [2.24, 2.45) is 0 Å². The molecule has 8 heteroatoms. The highest BCUT2D eigenvalue weighted by Crippen LogP contribution is 2.21. The van der Waals surface area contributed by atoms with Crippen LogP contribution in [0.4, 0.5) is 9.59 Å². The van der Waals surface area contributed by atoms with E-state index in [0.29, 0.717) is 11.3 Å². The zero-order chi connectivity index (χ0) is 16.9. The van der Waals surface area contributed by atoms with Crippen molar-refractivity contribution in [2.45, 2.75) is 58.6 Å². The number of esters is 2. The van der Waals surface area contributed by atoms with Crippen molar-refractivity contribution >= 4 is 24.1 Å². The van der Waals surface area contributed by atoms with Gasteiger partial charge >= 0.3 is 24.1 Å². The summed E-state index contributed by atoms with van der Waals surface area (Å²) in [6.45, 7) is 7.00. The van der Waals surface area contributed by atoms with Gasteiger partial charge in [-0.1, -0.05) is 13.3 Å². The molecule has 2 amide bonds. The molecule has 0 saturated carbocycles. The molecule has 1 heterocycles. The molecule has 1 aliphatic rings. The summed E-state index contributed by atoms with van der Waals surface area (Å²) in [4.78, 5) is 47.4. The van der Waals surface area contributed by atoms with E-state index in [-0.39, 0.29) is 6.61 Å². The number of carbonyl (C=O) groups is 4. The molecule has 0 aromatic carbocycles. The number of hydrogen-bond acceptors (Lipinski definition) is 7. The molecule has 1 rings (SSSR count). The molecule has 1 saturated heterocycles. The number of cyclic esters (lactones) is 2. The van der Waals surface area contributed by atoms with Crippen molar-refractivity contribution in [3.8, 4) is 0 Å². The van der Waals surface area contributed by atoms with Crippen LogP contribution in [0.15, 0.2) is 0 Å². The third-order valence-electron chi connectivity index (χ3n) is 2.68. The van der Waals surface area contributed by atoms with Gasteiger partial charge in [-0.15, -0.1) is 0 Å². The minimum Gasteiger partial charge on any atom is -0.466 e. The van der Waals surface area contributed by atoms with E-state index < -0.39 is 42.2 Å². The van der Waals surface area contributed by atoms with Crippen LogP contribution in [0.2, 0.25) is 0 Å². The summed E-state index contributed by atoms with van der Waals surface area (Å²) < 4.78 is 14.3. The van der Waals surface area contributed by atoms with Crippen molar-refractivity contribution in [1.82, 2.24) is 4.90 Å². The molecule has 0 aromatic heterocycles. The second kappa shape index (κ2) is 7.24. The Morgan fingerprint density at radius 3 is 2.45 bits per heavy atom. The van der Waals surface area contributed by atoms with Crippen molar-refractivity contribution < 1.29 is 33.4 Å². The Kier molecular flexibility index (Phi) is 5.90.